The number of ether oxygens (including phenoxy) is 1. The second-order valence-electron chi connectivity index (χ2n) is 9.67. The van der Waals surface area contributed by atoms with Crippen LogP contribution in [0, 0.1) is 11.8 Å². The average Bonchev–Trinajstić information content (AvgIpc) is 3.52. The fourth-order valence-corrected chi connectivity index (χ4v) is 6.02. The van der Waals surface area contributed by atoms with Gasteiger partial charge in [0, 0.05) is 30.5 Å². The highest BCUT2D eigenvalue weighted by Crippen LogP contribution is 2.45. The van der Waals surface area contributed by atoms with Gasteiger partial charge in [0.05, 0.1) is 5.92 Å². The summed E-state index contributed by atoms with van der Waals surface area (Å²) in [6.07, 6.45) is 2.18. The topological polar surface area (TPSA) is 95.9 Å². The maximum atomic E-state index is 13.0. The fourth-order valence-electron chi connectivity index (χ4n) is 6.02. The Morgan fingerprint density at radius 2 is 1.71 bits per heavy atom. The van der Waals surface area contributed by atoms with E-state index < -0.39 is 18.0 Å². The van der Waals surface area contributed by atoms with Crippen molar-refractivity contribution in [1.82, 2.24) is 10.2 Å². The number of carbonyl (C=O) groups excluding carboxylic acids is 2. The second kappa shape index (κ2) is 9.12. The first-order valence-corrected chi connectivity index (χ1v) is 12.1. The molecule has 2 heterocycles. The van der Waals surface area contributed by atoms with E-state index in [1.54, 1.807) is 4.90 Å². The van der Waals surface area contributed by atoms with Crippen molar-refractivity contribution in [3.8, 4) is 11.1 Å². The molecule has 2 aliphatic heterocycles. The van der Waals surface area contributed by atoms with Crippen LogP contribution in [0.2, 0.25) is 0 Å². The number of alkyl carbamates (subject to hydrolysis) is 1. The molecule has 2 amide bonds. The summed E-state index contributed by atoms with van der Waals surface area (Å²) in [5.74, 6) is -1.55. The van der Waals surface area contributed by atoms with E-state index >= 15 is 0 Å². The Balaban J connectivity index is 1.11. The smallest absolute Gasteiger partial charge is 0.407 e. The molecule has 0 saturated carbocycles. The zero-order valence-corrected chi connectivity index (χ0v) is 19.3. The molecule has 4 atom stereocenters. The summed E-state index contributed by atoms with van der Waals surface area (Å²) in [4.78, 5) is 38.6. The number of benzene rings is 2. The zero-order chi connectivity index (χ0) is 23.8. The van der Waals surface area contributed by atoms with Crippen LogP contribution in [0.3, 0.4) is 0 Å². The average molecular weight is 463 g/mol. The van der Waals surface area contributed by atoms with E-state index in [4.69, 9.17) is 4.74 Å². The summed E-state index contributed by atoms with van der Waals surface area (Å²) in [5.41, 5.74) is 4.69. The van der Waals surface area contributed by atoms with Gasteiger partial charge >= 0.3 is 12.1 Å². The SMILES string of the molecule is CC(CCNC(=O)OCC1c2ccccc2-c2ccccc21)C(=O)N1[C@@H]2CC[C@H]1[C@@H](C(=O)O)C2. The lowest BCUT2D eigenvalue weighted by Gasteiger charge is -2.26. The molecule has 5 rings (SSSR count). The molecule has 2 aromatic rings. The van der Waals surface area contributed by atoms with E-state index in [0.717, 1.165) is 24.0 Å². The Kier molecular flexibility index (Phi) is 6.02. The van der Waals surface area contributed by atoms with Crippen LogP contribution in [0.25, 0.3) is 11.1 Å². The molecule has 7 nitrogen and oxygen atoms in total. The number of rotatable bonds is 7. The molecular weight excluding hydrogens is 432 g/mol. The van der Waals surface area contributed by atoms with Gasteiger partial charge in [-0.15, -0.1) is 0 Å². The molecular formula is C27H30N2O5. The van der Waals surface area contributed by atoms with E-state index in [9.17, 15) is 19.5 Å². The van der Waals surface area contributed by atoms with E-state index in [1.165, 1.54) is 11.1 Å². The number of hydrogen-bond donors (Lipinski definition) is 2. The number of nitrogens with zero attached hydrogens (tertiary/aromatic N) is 1. The van der Waals surface area contributed by atoms with Crippen LogP contribution >= 0.6 is 0 Å². The van der Waals surface area contributed by atoms with Crippen LogP contribution in [0.4, 0.5) is 4.79 Å². The molecule has 7 heteroatoms. The highest BCUT2D eigenvalue weighted by atomic mass is 16.5. The quantitative estimate of drug-likeness (QED) is 0.648. The molecule has 178 valence electrons. The molecule has 2 N–H and O–H groups in total. The molecule has 1 unspecified atom stereocenters. The number of fused-ring (bicyclic) bond motifs is 5. The molecule has 2 bridgehead atoms. The van der Waals surface area contributed by atoms with Crippen molar-refractivity contribution in [3.05, 3.63) is 59.7 Å². The van der Waals surface area contributed by atoms with Gasteiger partial charge in [-0.3, -0.25) is 9.59 Å². The summed E-state index contributed by atoms with van der Waals surface area (Å²) in [6.45, 7) is 2.42. The van der Waals surface area contributed by atoms with E-state index in [-0.39, 0.29) is 36.4 Å². The normalized spacial score (nSPS) is 23.3. The number of carboxylic acids is 1. The van der Waals surface area contributed by atoms with Gasteiger partial charge in [0.25, 0.3) is 0 Å². The first-order chi connectivity index (χ1) is 16.5. The maximum absolute atomic E-state index is 13.0. The van der Waals surface area contributed by atoms with Crippen molar-refractivity contribution in [2.45, 2.75) is 50.6 Å². The van der Waals surface area contributed by atoms with E-state index in [2.05, 4.69) is 29.6 Å². The van der Waals surface area contributed by atoms with Gasteiger partial charge < -0.3 is 20.1 Å². The summed E-state index contributed by atoms with van der Waals surface area (Å²) in [6, 6.07) is 16.2. The number of amides is 2. The molecule has 0 spiro atoms. The predicted molar refractivity (Wildman–Crippen MR) is 126 cm³/mol. The number of nitrogens with one attached hydrogen (secondary N) is 1. The summed E-state index contributed by atoms with van der Waals surface area (Å²) < 4.78 is 5.56. The summed E-state index contributed by atoms with van der Waals surface area (Å²) in [7, 11) is 0. The Morgan fingerprint density at radius 3 is 2.32 bits per heavy atom. The lowest BCUT2D eigenvalue weighted by molar-refractivity contribution is -0.143. The molecule has 2 aromatic carbocycles. The lowest BCUT2D eigenvalue weighted by Crippen LogP contribution is -2.41. The van der Waals surface area contributed by atoms with Gasteiger partial charge in [-0.2, -0.15) is 0 Å². The van der Waals surface area contributed by atoms with Crippen LogP contribution in [0.1, 0.15) is 49.7 Å². The highest BCUT2D eigenvalue weighted by Gasteiger charge is 2.51. The minimum atomic E-state index is -0.811. The Hall–Kier alpha value is -3.35. The standard InChI is InChI=1S/C27H30N2O5/c1-16(25(30)29-17-10-11-24(29)22(14-17)26(31)32)12-13-28-27(33)34-15-23-20-8-4-2-6-18(20)19-7-3-5-9-21(19)23/h2-9,16-17,22-24H,10-15H2,1H3,(H,28,33)(H,31,32)/t16?,17-,22+,24+/m1/s1. The first kappa shape index (κ1) is 22.4. The minimum Gasteiger partial charge on any atom is -0.481 e. The van der Waals surface area contributed by atoms with Crippen LogP contribution < -0.4 is 5.32 Å². The van der Waals surface area contributed by atoms with Crippen molar-refractivity contribution < 1.29 is 24.2 Å². The fraction of sp³-hybridized carbons (Fsp3) is 0.444. The number of carboxylic acid groups (broad SMARTS) is 1. The minimum absolute atomic E-state index is 0.00599. The molecule has 3 aliphatic rings. The van der Waals surface area contributed by atoms with Crippen molar-refractivity contribution in [3.63, 3.8) is 0 Å². The molecule has 0 radical (unpaired) electrons. The molecule has 1 aliphatic carbocycles. The van der Waals surface area contributed by atoms with Crippen LogP contribution in [0.5, 0.6) is 0 Å². The molecule has 2 saturated heterocycles. The number of carbonyl (C=O) groups is 3. The number of aliphatic carboxylic acids is 1. The summed E-state index contributed by atoms with van der Waals surface area (Å²) in [5, 5.41) is 12.2. The van der Waals surface area contributed by atoms with Gasteiger partial charge in [-0.1, -0.05) is 55.5 Å². The van der Waals surface area contributed by atoms with E-state index in [0.29, 0.717) is 19.4 Å². The van der Waals surface area contributed by atoms with Gasteiger partial charge in [0.1, 0.15) is 6.61 Å². The van der Waals surface area contributed by atoms with Crippen LogP contribution in [0.15, 0.2) is 48.5 Å². The van der Waals surface area contributed by atoms with Gasteiger partial charge in [-0.25, -0.2) is 4.79 Å². The Morgan fingerprint density at radius 1 is 1.06 bits per heavy atom. The number of hydrogen-bond acceptors (Lipinski definition) is 4. The monoisotopic (exact) mass is 462 g/mol. The van der Waals surface area contributed by atoms with Gasteiger partial charge in [0.2, 0.25) is 5.91 Å². The maximum Gasteiger partial charge on any atom is 0.407 e. The van der Waals surface area contributed by atoms with Gasteiger partial charge in [-0.05, 0) is 47.9 Å². The first-order valence-electron chi connectivity index (χ1n) is 12.1. The largest absolute Gasteiger partial charge is 0.481 e. The van der Waals surface area contributed by atoms with Crippen molar-refractivity contribution in [2.24, 2.45) is 11.8 Å². The van der Waals surface area contributed by atoms with E-state index in [1.807, 2.05) is 31.2 Å². The van der Waals surface area contributed by atoms with Crippen molar-refractivity contribution in [1.29, 1.82) is 0 Å². The Bertz CT molecular complexity index is 1070. The third-order valence-corrected chi connectivity index (χ3v) is 7.72. The third kappa shape index (κ3) is 3.93. The third-order valence-electron chi connectivity index (χ3n) is 7.72. The molecule has 34 heavy (non-hydrogen) atoms. The Labute approximate surface area is 199 Å². The summed E-state index contributed by atoms with van der Waals surface area (Å²) >= 11 is 0. The predicted octanol–water partition coefficient (Wildman–Crippen LogP) is 4.02. The molecule has 0 aromatic heterocycles. The van der Waals surface area contributed by atoms with Crippen molar-refractivity contribution in [2.75, 3.05) is 13.2 Å². The van der Waals surface area contributed by atoms with Crippen molar-refractivity contribution >= 4 is 18.0 Å². The second-order valence-corrected chi connectivity index (χ2v) is 9.67. The van der Waals surface area contributed by atoms with Crippen LogP contribution in [-0.4, -0.2) is 53.2 Å². The molecule has 2 fully saturated rings. The van der Waals surface area contributed by atoms with Crippen LogP contribution in [-0.2, 0) is 14.3 Å². The highest BCUT2D eigenvalue weighted by molar-refractivity contribution is 5.82. The van der Waals surface area contributed by atoms with Gasteiger partial charge in [0.15, 0.2) is 0 Å². The lowest BCUT2D eigenvalue weighted by atomic mass is 9.89. The zero-order valence-electron chi connectivity index (χ0n) is 19.3.